The van der Waals surface area contributed by atoms with Crippen molar-refractivity contribution in [3.8, 4) is 0 Å². The summed E-state index contributed by atoms with van der Waals surface area (Å²) in [6, 6.07) is 11.2. The van der Waals surface area contributed by atoms with Gasteiger partial charge in [0.05, 0.1) is 5.56 Å². The lowest BCUT2D eigenvalue weighted by molar-refractivity contribution is -0.137. The van der Waals surface area contributed by atoms with Crippen molar-refractivity contribution in [2.24, 2.45) is 0 Å². The van der Waals surface area contributed by atoms with Gasteiger partial charge in [0.2, 0.25) is 0 Å². The summed E-state index contributed by atoms with van der Waals surface area (Å²) in [7, 11) is 0. The molecule has 0 amide bonds. The molecule has 26 heavy (non-hydrogen) atoms. The lowest BCUT2D eigenvalue weighted by atomic mass is 9.97. The number of rotatable bonds is 0. The fraction of sp³-hybridized carbons (Fsp3) is 0.0526. The first-order valence-corrected chi connectivity index (χ1v) is 9.32. The van der Waals surface area contributed by atoms with Gasteiger partial charge < -0.3 is 0 Å². The predicted molar refractivity (Wildman–Crippen MR) is 113 cm³/mol. The molecule has 0 atom stereocenters. The first kappa shape index (κ1) is 18.2. The van der Waals surface area contributed by atoms with E-state index in [2.05, 4.69) is 50.5 Å². The van der Waals surface area contributed by atoms with Crippen LogP contribution in [0.4, 0.5) is 13.2 Å². The van der Waals surface area contributed by atoms with Gasteiger partial charge in [0.15, 0.2) is 0 Å². The Balaban J connectivity index is 2.28. The number of alkyl halides is 3. The molecule has 0 fully saturated rings. The van der Waals surface area contributed by atoms with Crippen molar-refractivity contribution in [1.82, 2.24) is 0 Å². The minimum atomic E-state index is -4.43. The Morgan fingerprint density at radius 1 is 0.577 bits per heavy atom. The fourth-order valence-electron chi connectivity index (χ4n) is 3.26. The van der Waals surface area contributed by atoms with Crippen molar-refractivity contribution >= 4 is 82.8 Å². The van der Waals surface area contributed by atoms with E-state index in [-0.39, 0.29) is 0 Å². The molecule has 132 valence electrons. The highest BCUT2D eigenvalue weighted by molar-refractivity contribution is 7.83. The smallest absolute Gasteiger partial charge is 0.166 e. The zero-order valence-corrected chi connectivity index (χ0v) is 16.5. The van der Waals surface area contributed by atoms with Crippen LogP contribution >= 0.6 is 50.5 Å². The molecular weight excluding hydrogens is 413 g/mol. The summed E-state index contributed by atoms with van der Waals surface area (Å²) >= 11 is 18.5. The molecule has 0 aliphatic rings. The average Bonchev–Trinajstić information content (AvgIpc) is 2.61. The quantitative estimate of drug-likeness (QED) is 0.165. The van der Waals surface area contributed by atoms with Crippen LogP contribution in [0.5, 0.6) is 0 Å². The Morgan fingerprint density at radius 2 is 1.00 bits per heavy atom. The van der Waals surface area contributed by atoms with Gasteiger partial charge >= 0.3 is 6.18 Å². The highest BCUT2D eigenvalue weighted by Gasteiger charge is 2.31. The van der Waals surface area contributed by atoms with E-state index in [1.807, 2.05) is 24.3 Å². The highest BCUT2D eigenvalue weighted by Crippen LogP contribution is 2.47. The minimum Gasteiger partial charge on any atom is -0.166 e. The number of fused-ring (bicyclic) bond motifs is 3. The largest absolute Gasteiger partial charge is 0.416 e. The van der Waals surface area contributed by atoms with E-state index in [4.69, 9.17) is 0 Å². The van der Waals surface area contributed by atoms with E-state index in [0.29, 0.717) is 35.7 Å². The Bertz CT molecular complexity index is 1210. The van der Waals surface area contributed by atoms with E-state index in [9.17, 15) is 13.2 Å². The standard InChI is InChI=1S/C19H11F3S4/c20-19(21,22)8-5-6-11-12(7-8)18(26)14-13(17(11)25)15(23)9-3-1-2-4-10(9)16(14)24/h1-7,23-26H. The van der Waals surface area contributed by atoms with E-state index in [1.165, 1.54) is 6.07 Å². The Morgan fingerprint density at radius 3 is 1.46 bits per heavy atom. The molecule has 0 aliphatic heterocycles. The van der Waals surface area contributed by atoms with Crippen LogP contribution in [0.15, 0.2) is 62.0 Å². The van der Waals surface area contributed by atoms with Gasteiger partial charge in [-0.1, -0.05) is 30.3 Å². The topological polar surface area (TPSA) is 0 Å². The van der Waals surface area contributed by atoms with Gasteiger partial charge in [-0.15, -0.1) is 50.5 Å². The zero-order chi connectivity index (χ0) is 18.8. The second kappa shape index (κ2) is 6.19. The summed E-state index contributed by atoms with van der Waals surface area (Å²) in [6.07, 6.45) is -4.43. The lowest BCUT2D eigenvalue weighted by Gasteiger charge is -2.18. The Labute approximate surface area is 169 Å². The predicted octanol–water partition coefficient (Wildman–Crippen LogP) is 7.32. The van der Waals surface area contributed by atoms with Gasteiger partial charge in [0, 0.05) is 30.4 Å². The number of thiol groups is 4. The third-order valence-corrected chi connectivity index (χ3v) is 6.35. The SMILES string of the molecule is FC(F)(F)c1ccc2c(S)c3c(S)c4ccccc4c(S)c3c(S)c2c1. The first-order chi connectivity index (χ1) is 12.2. The van der Waals surface area contributed by atoms with Gasteiger partial charge in [-0.3, -0.25) is 0 Å². The third-order valence-electron chi connectivity index (χ3n) is 4.49. The van der Waals surface area contributed by atoms with Crippen LogP contribution in [0, 0.1) is 0 Å². The van der Waals surface area contributed by atoms with Gasteiger partial charge in [-0.2, -0.15) is 13.2 Å². The van der Waals surface area contributed by atoms with E-state index >= 15 is 0 Å². The molecule has 0 spiro atoms. The van der Waals surface area contributed by atoms with Crippen LogP contribution in [0.3, 0.4) is 0 Å². The van der Waals surface area contributed by atoms with Crippen molar-refractivity contribution in [1.29, 1.82) is 0 Å². The molecule has 0 heterocycles. The molecule has 0 saturated carbocycles. The normalized spacial score (nSPS) is 12.4. The van der Waals surface area contributed by atoms with E-state index in [1.54, 1.807) is 0 Å². The molecule has 0 radical (unpaired) electrons. The lowest BCUT2D eigenvalue weighted by Crippen LogP contribution is -2.04. The molecule has 4 aromatic carbocycles. The summed E-state index contributed by atoms with van der Waals surface area (Å²) in [5.41, 5.74) is -0.722. The van der Waals surface area contributed by atoms with Crippen molar-refractivity contribution in [2.45, 2.75) is 25.8 Å². The molecule has 0 nitrogen and oxygen atoms in total. The van der Waals surface area contributed by atoms with Crippen LogP contribution in [0.1, 0.15) is 5.56 Å². The summed E-state index contributed by atoms with van der Waals surface area (Å²) in [4.78, 5) is 2.35. The maximum Gasteiger partial charge on any atom is 0.416 e. The molecular formula is C19H11F3S4. The molecule has 0 unspecified atom stereocenters. The number of benzene rings is 4. The first-order valence-electron chi connectivity index (χ1n) is 7.53. The van der Waals surface area contributed by atoms with Crippen molar-refractivity contribution < 1.29 is 13.2 Å². The van der Waals surface area contributed by atoms with E-state index < -0.39 is 11.7 Å². The van der Waals surface area contributed by atoms with Crippen LogP contribution in [0.25, 0.3) is 32.3 Å². The molecule has 4 rings (SSSR count). The van der Waals surface area contributed by atoms with Gasteiger partial charge in [-0.25, -0.2) is 0 Å². The molecule has 7 heteroatoms. The van der Waals surface area contributed by atoms with Crippen LogP contribution in [0.2, 0.25) is 0 Å². The van der Waals surface area contributed by atoms with Crippen LogP contribution in [-0.4, -0.2) is 0 Å². The number of hydrogen-bond acceptors (Lipinski definition) is 4. The number of halogens is 3. The maximum atomic E-state index is 13.1. The fourth-order valence-corrected chi connectivity index (χ4v) is 5.10. The molecule has 0 N–H and O–H groups in total. The molecule has 4 aromatic rings. The van der Waals surface area contributed by atoms with Crippen LogP contribution < -0.4 is 0 Å². The summed E-state index contributed by atoms with van der Waals surface area (Å²) in [6.45, 7) is 0. The van der Waals surface area contributed by atoms with Gasteiger partial charge in [0.25, 0.3) is 0 Å². The highest BCUT2D eigenvalue weighted by atomic mass is 32.1. The molecule has 0 saturated heterocycles. The summed E-state index contributed by atoms with van der Waals surface area (Å²) < 4.78 is 39.4. The molecule has 0 aliphatic carbocycles. The van der Waals surface area contributed by atoms with Gasteiger partial charge in [-0.05, 0) is 33.7 Å². The minimum absolute atomic E-state index is 0.388. The zero-order valence-electron chi connectivity index (χ0n) is 13.0. The van der Waals surface area contributed by atoms with Crippen LogP contribution in [-0.2, 0) is 6.18 Å². The van der Waals surface area contributed by atoms with Crippen molar-refractivity contribution in [2.75, 3.05) is 0 Å². The Kier molecular flexibility index (Phi) is 4.34. The molecule has 0 bridgehead atoms. The molecule has 0 aromatic heterocycles. The monoisotopic (exact) mass is 424 g/mol. The third kappa shape index (κ3) is 2.59. The number of hydrogen-bond donors (Lipinski definition) is 4. The summed E-state index contributed by atoms with van der Waals surface area (Å²) in [5.74, 6) is 0. The van der Waals surface area contributed by atoms with Crippen molar-refractivity contribution in [3.63, 3.8) is 0 Å². The average molecular weight is 425 g/mol. The van der Waals surface area contributed by atoms with Crippen molar-refractivity contribution in [3.05, 3.63) is 48.0 Å². The van der Waals surface area contributed by atoms with Gasteiger partial charge in [0.1, 0.15) is 0 Å². The van der Waals surface area contributed by atoms with E-state index in [0.717, 1.165) is 28.3 Å². The second-order valence-corrected chi connectivity index (χ2v) is 7.74. The second-order valence-electron chi connectivity index (χ2n) is 5.95. The maximum absolute atomic E-state index is 13.1. The Hall–Kier alpha value is -1.15. The summed E-state index contributed by atoms with van der Waals surface area (Å²) in [5, 5.41) is 4.14.